The number of fused-ring (bicyclic) bond motifs is 1. The van der Waals surface area contributed by atoms with E-state index in [-0.39, 0.29) is 17.6 Å². The maximum absolute atomic E-state index is 11.9. The molecule has 3 heterocycles. The van der Waals surface area contributed by atoms with Crippen molar-refractivity contribution in [1.82, 2.24) is 19.5 Å². The van der Waals surface area contributed by atoms with E-state index in [1.165, 1.54) is 13.8 Å². The Morgan fingerprint density at radius 2 is 1.69 bits per heavy atom. The van der Waals surface area contributed by atoms with Crippen molar-refractivity contribution in [2.24, 2.45) is 0 Å². The van der Waals surface area contributed by atoms with Crippen LogP contribution in [-0.2, 0) is 23.8 Å². The van der Waals surface area contributed by atoms with Crippen LogP contribution in [0, 0.1) is 23.7 Å². The van der Waals surface area contributed by atoms with Gasteiger partial charge in [0.25, 0.3) is 0 Å². The van der Waals surface area contributed by atoms with Gasteiger partial charge in [0.15, 0.2) is 35.1 Å². The predicted octanol–water partition coefficient (Wildman–Crippen LogP) is 3.96. The third-order valence-corrected chi connectivity index (χ3v) is 5.42. The number of carbonyl (C=O) groups excluding carboxylic acids is 2. The largest absolute Gasteiger partial charge is 0.456 e. The highest BCUT2D eigenvalue weighted by Crippen LogP contribution is 2.34. The second kappa shape index (κ2) is 12.5. The molecule has 2 aromatic heterocycles. The molecule has 9 nitrogen and oxygen atoms in total. The van der Waals surface area contributed by atoms with Crippen molar-refractivity contribution in [3.63, 3.8) is 0 Å². The third-order valence-electron chi connectivity index (χ3n) is 5.16. The number of halogens is 1. The Balaban J connectivity index is 2.13. The fourth-order valence-corrected chi connectivity index (χ4v) is 3.77. The molecule has 1 aliphatic heterocycles. The molecule has 0 amide bonds. The van der Waals surface area contributed by atoms with Crippen LogP contribution in [-0.4, -0.2) is 50.3 Å². The van der Waals surface area contributed by atoms with Crippen LogP contribution in [0.2, 0.25) is 5.15 Å². The van der Waals surface area contributed by atoms with Crippen LogP contribution >= 0.6 is 11.6 Å². The van der Waals surface area contributed by atoms with Gasteiger partial charge in [-0.1, -0.05) is 50.1 Å². The number of imidazole rings is 1. The van der Waals surface area contributed by atoms with Crippen molar-refractivity contribution in [3.05, 3.63) is 16.8 Å². The number of hydrogen-bond acceptors (Lipinski definition) is 8. The predicted molar refractivity (Wildman–Crippen MR) is 129 cm³/mol. The van der Waals surface area contributed by atoms with Crippen LogP contribution in [0.3, 0.4) is 0 Å². The first-order valence-corrected chi connectivity index (χ1v) is 12.1. The molecule has 1 saturated heterocycles. The molecule has 0 radical (unpaired) electrons. The van der Waals surface area contributed by atoms with Crippen LogP contribution in [0.15, 0.2) is 0 Å². The number of aromatic nitrogens is 4. The van der Waals surface area contributed by atoms with Gasteiger partial charge in [0, 0.05) is 26.7 Å². The van der Waals surface area contributed by atoms with Gasteiger partial charge in [-0.15, -0.1) is 0 Å². The Labute approximate surface area is 209 Å². The van der Waals surface area contributed by atoms with Crippen LogP contribution in [0.4, 0.5) is 0 Å². The van der Waals surface area contributed by atoms with Gasteiger partial charge in [-0.2, -0.15) is 0 Å². The number of nitrogens with zero attached hydrogens (tertiary/aromatic N) is 4. The van der Waals surface area contributed by atoms with E-state index in [0.29, 0.717) is 29.8 Å². The molecule has 3 rings (SSSR count). The number of ether oxygens (including phenoxy) is 3. The number of carbonyl (C=O) groups is 2. The van der Waals surface area contributed by atoms with Gasteiger partial charge in [0.2, 0.25) is 5.82 Å². The molecule has 0 bridgehead atoms. The lowest BCUT2D eigenvalue weighted by atomic mass is 10.2. The van der Waals surface area contributed by atoms with E-state index >= 15 is 0 Å². The third kappa shape index (κ3) is 6.72. The molecule has 0 saturated carbocycles. The first-order valence-electron chi connectivity index (χ1n) is 11.7. The van der Waals surface area contributed by atoms with Crippen molar-refractivity contribution in [2.45, 2.75) is 84.7 Å². The summed E-state index contributed by atoms with van der Waals surface area (Å²) in [6.07, 6.45) is 2.72. The molecule has 0 spiro atoms. The van der Waals surface area contributed by atoms with Gasteiger partial charge < -0.3 is 14.2 Å². The van der Waals surface area contributed by atoms with Gasteiger partial charge in [0.05, 0.1) is 6.61 Å². The van der Waals surface area contributed by atoms with Gasteiger partial charge in [-0.25, -0.2) is 15.0 Å². The van der Waals surface area contributed by atoms with E-state index in [2.05, 4.69) is 52.5 Å². The molecule has 0 unspecified atom stereocenters. The highest BCUT2D eigenvalue weighted by molar-refractivity contribution is 6.33. The average molecular weight is 501 g/mol. The molecular weight excluding hydrogens is 472 g/mol. The van der Waals surface area contributed by atoms with Gasteiger partial charge in [-0.05, 0) is 24.7 Å². The minimum absolute atomic E-state index is 0.0209. The lowest BCUT2D eigenvalue weighted by Crippen LogP contribution is -2.36. The summed E-state index contributed by atoms with van der Waals surface area (Å²) < 4.78 is 18.4. The zero-order valence-electron chi connectivity index (χ0n) is 20.4. The Morgan fingerprint density at radius 1 is 1.03 bits per heavy atom. The van der Waals surface area contributed by atoms with E-state index in [4.69, 9.17) is 25.8 Å². The van der Waals surface area contributed by atoms with Crippen molar-refractivity contribution in [3.8, 4) is 23.7 Å². The summed E-state index contributed by atoms with van der Waals surface area (Å²) in [6, 6.07) is 0. The Kier molecular flexibility index (Phi) is 9.47. The van der Waals surface area contributed by atoms with E-state index in [0.717, 1.165) is 25.7 Å². The Hall–Kier alpha value is -3.14. The van der Waals surface area contributed by atoms with Gasteiger partial charge in [0.1, 0.15) is 5.52 Å². The Morgan fingerprint density at radius 3 is 2.31 bits per heavy atom. The van der Waals surface area contributed by atoms with Gasteiger partial charge >= 0.3 is 11.9 Å². The van der Waals surface area contributed by atoms with Gasteiger partial charge in [-0.3, -0.25) is 14.2 Å². The van der Waals surface area contributed by atoms with Crippen LogP contribution in [0.25, 0.3) is 11.2 Å². The second-order valence-corrected chi connectivity index (χ2v) is 8.43. The summed E-state index contributed by atoms with van der Waals surface area (Å²) in [5, 5.41) is 0.128. The minimum atomic E-state index is -0.933. The first-order chi connectivity index (χ1) is 16.8. The molecule has 0 N–H and O–H groups in total. The molecule has 3 atom stereocenters. The number of hydrogen-bond donors (Lipinski definition) is 0. The summed E-state index contributed by atoms with van der Waals surface area (Å²) in [5.41, 5.74) is 0.668. The topological polar surface area (TPSA) is 105 Å². The van der Waals surface area contributed by atoms with E-state index in [9.17, 15) is 9.59 Å². The molecule has 0 aromatic carbocycles. The summed E-state index contributed by atoms with van der Waals surface area (Å²) in [5.74, 6) is 11.7. The molecule has 35 heavy (non-hydrogen) atoms. The van der Waals surface area contributed by atoms with Crippen molar-refractivity contribution in [2.75, 3.05) is 6.61 Å². The highest BCUT2D eigenvalue weighted by atomic mass is 35.5. The van der Waals surface area contributed by atoms with Crippen molar-refractivity contribution < 1.29 is 23.8 Å². The highest BCUT2D eigenvalue weighted by Gasteiger charge is 2.45. The van der Waals surface area contributed by atoms with Crippen LogP contribution in [0.5, 0.6) is 0 Å². The molecule has 10 heteroatoms. The summed E-state index contributed by atoms with van der Waals surface area (Å²) in [6.45, 7) is 6.76. The van der Waals surface area contributed by atoms with E-state index in [1.807, 2.05) is 0 Å². The second-order valence-electron chi connectivity index (χ2n) is 8.07. The van der Waals surface area contributed by atoms with Crippen molar-refractivity contribution >= 4 is 34.7 Å². The van der Waals surface area contributed by atoms with Crippen LogP contribution in [0.1, 0.15) is 84.1 Å². The Bertz CT molecular complexity index is 1200. The van der Waals surface area contributed by atoms with E-state index in [1.54, 1.807) is 4.57 Å². The first kappa shape index (κ1) is 26.5. The molecular formula is C25H29ClN4O5. The van der Waals surface area contributed by atoms with Crippen molar-refractivity contribution in [1.29, 1.82) is 0 Å². The summed E-state index contributed by atoms with van der Waals surface area (Å²) in [4.78, 5) is 36.9. The molecule has 0 aliphatic carbocycles. The number of rotatable bonds is 7. The lowest BCUT2D eigenvalue weighted by molar-refractivity contribution is -0.164. The summed E-state index contributed by atoms with van der Waals surface area (Å²) >= 11 is 6.46. The zero-order chi connectivity index (χ0) is 25.4. The zero-order valence-corrected chi connectivity index (χ0v) is 21.1. The maximum Gasteiger partial charge on any atom is 0.303 e. The molecule has 1 aliphatic rings. The fourth-order valence-electron chi connectivity index (χ4n) is 3.57. The maximum atomic E-state index is 11.9. The fraction of sp³-hybridized carbons (Fsp3) is 0.560. The lowest BCUT2D eigenvalue weighted by Gasteiger charge is -2.23. The summed E-state index contributed by atoms with van der Waals surface area (Å²) in [7, 11) is 0. The monoisotopic (exact) mass is 500 g/mol. The average Bonchev–Trinajstić information content (AvgIpc) is 3.34. The normalized spacial score (nSPS) is 18.9. The van der Waals surface area contributed by atoms with Crippen LogP contribution < -0.4 is 0 Å². The molecule has 186 valence electrons. The quantitative estimate of drug-likeness (QED) is 0.243. The number of esters is 2. The molecule has 2 aromatic rings. The standard InChI is InChI=1S/C25H29ClN4O5/c1-5-7-9-11-13-19-27-23(26)21-24(28-19)30(20(29-21)14-12-10-8-6-2)25-22(35-17(4)32)18(15-33-25)34-16(3)31/h18,22,25H,5-10,15H2,1-4H3/t18-,22-,25-/m1/s1. The number of unbranched alkanes of at least 4 members (excludes halogenated alkanes) is 4. The smallest absolute Gasteiger partial charge is 0.303 e. The van der Waals surface area contributed by atoms with E-state index < -0.39 is 30.4 Å². The molecule has 1 fully saturated rings. The SMILES string of the molecule is CCCCC#Cc1nc(Cl)c2nc(C#CCCCC)n([C@@H]3OC[C@@H](OC(C)=O)[C@H]3OC(C)=O)c2n1. The minimum Gasteiger partial charge on any atom is -0.456 e.